The highest BCUT2D eigenvalue weighted by atomic mass is 16.2. The summed E-state index contributed by atoms with van der Waals surface area (Å²) in [6.07, 6.45) is 3.82. The summed E-state index contributed by atoms with van der Waals surface area (Å²) in [5.74, 6) is -0.447. The van der Waals surface area contributed by atoms with Crippen LogP contribution in [0.25, 0.3) is 0 Å². The molecule has 78 valence electrons. The second kappa shape index (κ2) is 3.07. The van der Waals surface area contributed by atoms with Gasteiger partial charge in [-0.3, -0.25) is 9.59 Å². The van der Waals surface area contributed by atoms with E-state index in [-0.39, 0.29) is 17.1 Å². The Morgan fingerprint density at radius 1 is 1.36 bits per heavy atom. The number of hydrogen-bond acceptors (Lipinski definition) is 2. The number of Topliss-reactive ketones (excluding diaryl/α,β-unsaturated/α-hetero) is 1. The molecule has 2 rings (SSSR count). The molecule has 1 unspecified atom stereocenters. The third kappa shape index (κ3) is 1.35. The van der Waals surface area contributed by atoms with Gasteiger partial charge in [-0.2, -0.15) is 0 Å². The summed E-state index contributed by atoms with van der Waals surface area (Å²) in [5.41, 5.74) is 0.195. The van der Waals surface area contributed by atoms with Crippen molar-refractivity contribution in [2.45, 2.75) is 45.6 Å². The average Bonchev–Trinajstić information content (AvgIpc) is 2.59. The number of likely N-dealkylation sites (tertiary alicyclic amines) is 1. The topological polar surface area (TPSA) is 37.4 Å². The van der Waals surface area contributed by atoms with Crippen molar-refractivity contribution in [3.63, 3.8) is 0 Å². The van der Waals surface area contributed by atoms with Crippen molar-refractivity contribution < 1.29 is 9.59 Å². The van der Waals surface area contributed by atoms with Crippen LogP contribution in [0.1, 0.15) is 39.5 Å². The summed E-state index contributed by atoms with van der Waals surface area (Å²) in [4.78, 5) is 24.5. The Labute approximate surface area is 84.5 Å². The van der Waals surface area contributed by atoms with Crippen molar-refractivity contribution in [1.82, 2.24) is 4.90 Å². The lowest BCUT2D eigenvalue weighted by Crippen LogP contribution is -2.43. The lowest BCUT2D eigenvalue weighted by Gasteiger charge is -2.34. The molecule has 0 aromatic carbocycles. The van der Waals surface area contributed by atoms with Gasteiger partial charge in [0.2, 0.25) is 5.78 Å². The first kappa shape index (κ1) is 9.69. The van der Waals surface area contributed by atoms with Crippen LogP contribution in [0.2, 0.25) is 0 Å². The molecule has 3 nitrogen and oxygen atoms in total. The third-order valence-corrected chi connectivity index (χ3v) is 3.66. The Morgan fingerprint density at radius 2 is 2.07 bits per heavy atom. The summed E-state index contributed by atoms with van der Waals surface area (Å²) in [7, 11) is 0. The monoisotopic (exact) mass is 195 g/mol. The molecule has 1 atom stereocenters. The van der Waals surface area contributed by atoms with Crippen molar-refractivity contribution in [2.24, 2.45) is 5.41 Å². The molecule has 1 aliphatic heterocycles. The number of carbonyl (C=O) groups is 2. The molecule has 0 bridgehead atoms. The minimum absolute atomic E-state index is 0.195. The van der Waals surface area contributed by atoms with Crippen LogP contribution in [0.5, 0.6) is 0 Å². The SMILES string of the molecule is CC1(C)CCCC1N1CCC(=O)C1=O. The number of ketones is 1. The second-order valence-electron chi connectivity index (χ2n) is 5.07. The number of carbonyl (C=O) groups excluding carboxylic acids is 2. The summed E-state index contributed by atoms with van der Waals surface area (Å²) < 4.78 is 0. The first-order valence-corrected chi connectivity index (χ1v) is 5.36. The van der Waals surface area contributed by atoms with Crippen molar-refractivity contribution in [3.8, 4) is 0 Å². The molecule has 2 aliphatic rings. The number of hydrogen-bond donors (Lipinski definition) is 0. The van der Waals surface area contributed by atoms with Gasteiger partial charge in [-0.25, -0.2) is 0 Å². The molecule has 0 N–H and O–H groups in total. The van der Waals surface area contributed by atoms with E-state index < -0.39 is 0 Å². The van der Waals surface area contributed by atoms with Gasteiger partial charge in [0, 0.05) is 19.0 Å². The molecule has 0 radical (unpaired) electrons. The molecule has 0 aromatic rings. The summed E-state index contributed by atoms with van der Waals surface area (Å²) >= 11 is 0. The Kier molecular flexibility index (Phi) is 2.13. The van der Waals surface area contributed by atoms with Crippen molar-refractivity contribution >= 4 is 11.7 Å². The van der Waals surface area contributed by atoms with E-state index in [4.69, 9.17) is 0 Å². The van der Waals surface area contributed by atoms with E-state index in [1.165, 1.54) is 6.42 Å². The van der Waals surface area contributed by atoms with E-state index in [0.717, 1.165) is 12.8 Å². The van der Waals surface area contributed by atoms with Gasteiger partial charge in [0.1, 0.15) is 0 Å². The predicted octanol–water partition coefficient (Wildman–Crippen LogP) is 1.37. The van der Waals surface area contributed by atoms with Gasteiger partial charge in [0.05, 0.1) is 0 Å². The molecule has 1 saturated carbocycles. The highest BCUT2D eigenvalue weighted by molar-refractivity contribution is 6.37. The first-order chi connectivity index (χ1) is 6.52. The summed E-state index contributed by atoms with van der Waals surface area (Å²) in [6.45, 7) is 5.03. The van der Waals surface area contributed by atoms with Gasteiger partial charge < -0.3 is 4.90 Å². The van der Waals surface area contributed by atoms with Crippen LogP contribution in [-0.2, 0) is 9.59 Å². The van der Waals surface area contributed by atoms with Crippen LogP contribution in [0.4, 0.5) is 0 Å². The molecular weight excluding hydrogens is 178 g/mol. The Bertz CT molecular complexity index is 283. The minimum Gasteiger partial charge on any atom is -0.332 e. The van der Waals surface area contributed by atoms with Gasteiger partial charge in [-0.15, -0.1) is 0 Å². The zero-order valence-corrected chi connectivity index (χ0v) is 8.88. The normalized spacial score (nSPS) is 31.6. The van der Waals surface area contributed by atoms with Gasteiger partial charge in [0.15, 0.2) is 0 Å². The largest absolute Gasteiger partial charge is 0.332 e. The van der Waals surface area contributed by atoms with Crippen LogP contribution in [-0.4, -0.2) is 29.2 Å². The maximum absolute atomic E-state index is 11.6. The Balaban J connectivity index is 2.16. The molecular formula is C11H17NO2. The summed E-state index contributed by atoms with van der Waals surface area (Å²) in [6, 6.07) is 0.293. The lowest BCUT2D eigenvalue weighted by molar-refractivity contribution is -0.142. The third-order valence-electron chi connectivity index (χ3n) is 3.66. The van der Waals surface area contributed by atoms with Crippen LogP contribution < -0.4 is 0 Å². The number of nitrogens with zero attached hydrogens (tertiary/aromatic N) is 1. The smallest absolute Gasteiger partial charge is 0.290 e. The molecule has 0 aromatic heterocycles. The van der Waals surface area contributed by atoms with E-state index in [1.54, 1.807) is 4.90 Å². The molecule has 14 heavy (non-hydrogen) atoms. The lowest BCUT2D eigenvalue weighted by atomic mass is 9.86. The molecule has 1 aliphatic carbocycles. The number of amides is 1. The zero-order chi connectivity index (χ0) is 10.3. The fraction of sp³-hybridized carbons (Fsp3) is 0.818. The van der Waals surface area contributed by atoms with Crippen LogP contribution in [0.3, 0.4) is 0 Å². The summed E-state index contributed by atoms with van der Waals surface area (Å²) in [5, 5.41) is 0. The fourth-order valence-corrected chi connectivity index (χ4v) is 2.77. The highest BCUT2D eigenvalue weighted by Gasteiger charge is 2.44. The zero-order valence-electron chi connectivity index (χ0n) is 8.88. The van der Waals surface area contributed by atoms with Crippen molar-refractivity contribution in [2.75, 3.05) is 6.54 Å². The molecule has 1 heterocycles. The van der Waals surface area contributed by atoms with E-state index in [9.17, 15) is 9.59 Å². The predicted molar refractivity (Wildman–Crippen MR) is 52.8 cm³/mol. The molecule has 2 fully saturated rings. The average molecular weight is 195 g/mol. The van der Waals surface area contributed by atoms with Gasteiger partial charge in [0.25, 0.3) is 5.91 Å². The minimum atomic E-state index is -0.245. The van der Waals surface area contributed by atoms with Gasteiger partial charge in [-0.1, -0.05) is 20.3 Å². The Morgan fingerprint density at radius 3 is 2.50 bits per heavy atom. The van der Waals surface area contributed by atoms with Gasteiger partial charge in [-0.05, 0) is 18.3 Å². The van der Waals surface area contributed by atoms with Crippen LogP contribution in [0, 0.1) is 5.41 Å². The maximum Gasteiger partial charge on any atom is 0.290 e. The first-order valence-electron chi connectivity index (χ1n) is 5.36. The van der Waals surface area contributed by atoms with E-state index in [2.05, 4.69) is 13.8 Å². The maximum atomic E-state index is 11.6. The standard InChI is InChI=1S/C11H17NO2/c1-11(2)6-3-4-9(11)12-7-5-8(13)10(12)14/h9H,3-7H2,1-2H3. The molecule has 3 heteroatoms. The molecule has 1 amide bonds. The molecule has 0 spiro atoms. The highest BCUT2D eigenvalue weighted by Crippen LogP contribution is 2.41. The van der Waals surface area contributed by atoms with Crippen molar-refractivity contribution in [3.05, 3.63) is 0 Å². The van der Waals surface area contributed by atoms with Crippen LogP contribution >= 0.6 is 0 Å². The van der Waals surface area contributed by atoms with E-state index in [1.807, 2.05) is 0 Å². The second-order valence-corrected chi connectivity index (χ2v) is 5.07. The fourth-order valence-electron chi connectivity index (χ4n) is 2.77. The quantitative estimate of drug-likeness (QED) is 0.592. The molecule has 1 saturated heterocycles. The van der Waals surface area contributed by atoms with E-state index in [0.29, 0.717) is 19.0 Å². The van der Waals surface area contributed by atoms with E-state index >= 15 is 0 Å². The van der Waals surface area contributed by atoms with Gasteiger partial charge >= 0.3 is 0 Å². The van der Waals surface area contributed by atoms with Crippen molar-refractivity contribution in [1.29, 1.82) is 0 Å². The number of rotatable bonds is 1. The van der Waals surface area contributed by atoms with Crippen LogP contribution in [0.15, 0.2) is 0 Å². The Hall–Kier alpha value is -0.860.